The molecular weight excluding hydrogens is 304 g/mol. The minimum atomic E-state index is -0.927. The van der Waals surface area contributed by atoms with E-state index in [-0.39, 0.29) is 5.92 Å². The molecule has 0 unspecified atom stereocenters. The minimum Gasteiger partial charge on any atom is -0.481 e. The molecule has 1 aromatic rings. The number of fused-ring (bicyclic) bond motifs is 3. The van der Waals surface area contributed by atoms with E-state index in [0.717, 1.165) is 16.7 Å². The van der Waals surface area contributed by atoms with Gasteiger partial charge in [0.25, 0.3) is 0 Å². The molecule has 1 saturated carbocycles. The predicted octanol–water partition coefficient (Wildman–Crippen LogP) is 3.37. The first kappa shape index (κ1) is 17.4. The van der Waals surface area contributed by atoms with Gasteiger partial charge in [0.05, 0.1) is 17.6 Å². The van der Waals surface area contributed by atoms with Crippen molar-refractivity contribution < 1.29 is 20.1 Å². The number of hydrogen-bond acceptors (Lipinski definition) is 3. The molecule has 0 heterocycles. The summed E-state index contributed by atoms with van der Waals surface area (Å²) in [5.41, 5.74) is 1.35. The molecule has 0 amide bonds. The van der Waals surface area contributed by atoms with Crippen molar-refractivity contribution in [2.45, 2.75) is 70.5 Å². The molecule has 1 fully saturated rings. The average Bonchev–Trinajstić information content (AvgIpc) is 2.53. The number of benzene rings is 1. The van der Waals surface area contributed by atoms with Crippen molar-refractivity contribution in [3.05, 3.63) is 34.9 Å². The third-order valence-electron chi connectivity index (χ3n) is 6.75. The number of rotatable bonds is 2. The van der Waals surface area contributed by atoms with Crippen molar-refractivity contribution in [1.82, 2.24) is 0 Å². The maximum absolute atomic E-state index is 12.0. The Morgan fingerprint density at radius 3 is 2.50 bits per heavy atom. The van der Waals surface area contributed by atoms with Crippen LogP contribution in [0.2, 0.25) is 0 Å². The molecule has 4 heteroatoms. The maximum atomic E-state index is 12.0. The number of aliphatic hydroxyl groups is 2. The van der Waals surface area contributed by atoms with Crippen LogP contribution >= 0.6 is 0 Å². The van der Waals surface area contributed by atoms with Crippen LogP contribution in [0, 0.1) is 11.3 Å². The summed E-state index contributed by atoms with van der Waals surface area (Å²) < 4.78 is 0. The lowest BCUT2D eigenvalue weighted by Crippen LogP contribution is -2.59. The van der Waals surface area contributed by atoms with Gasteiger partial charge in [0.2, 0.25) is 0 Å². The van der Waals surface area contributed by atoms with Crippen LogP contribution in [-0.2, 0) is 10.2 Å². The third kappa shape index (κ3) is 2.23. The summed E-state index contributed by atoms with van der Waals surface area (Å²) in [5.74, 6) is -0.771. The zero-order valence-corrected chi connectivity index (χ0v) is 14.9. The zero-order chi connectivity index (χ0) is 17.9. The van der Waals surface area contributed by atoms with E-state index in [0.29, 0.717) is 25.2 Å². The summed E-state index contributed by atoms with van der Waals surface area (Å²) in [7, 11) is 0. The number of aliphatic carboxylic acids is 1. The van der Waals surface area contributed by atoms with Crippen molar-refractivity contribution in [3.63, 3.8) is 0 Å². The Morgan fingerprint density at radius 2 is 1.92 bits per heavy atom. The first-order valence-corrected chi connectivity index (χ1v) is 8.86. The molecule has 0 saturated heterocycles. The van der Waals surface area contributed by atoms with E-state index in [1.807, 2.05) is 25.1 Å². The molecule has 0 bridgehead atoms. The molecule has 3 N–H and O–H groups in total. The molecule has 2 aliphatic carbocycles. The number of carbonyl (C=O) groups is 1. The van der Waals surface area contributed by atoms with Crippen molar-refractivity contribution in [1.29, 1.82) is 0 Å². The van der Waals surface area contributed by atoms with Crippen LogP contribution in [0.25, 0.3) is 0 Å². The number of aliphatic hydroxyl groups excluding tert-OH is 2. The molecule has 5 atom stereocenters. The van der Waals surface area contributed by atoms with Gasteiger partial charge in [-0.3, -0.25) is 4.79 Å². The quantitative estimate of drug-likeness (QED) is 0.776. The topological polar surface area (TPSA) is 77.8 Å². The Bertz CT molecular complexity index is 668. The molecule has 3 rings (SSSR count). The van der Waals surface area contributed by atoms with Gasteiger partial charge in [0, 0.05) is 5.41 Å². The second-order valence-corrected chi connectivity index (χ2v) is 8.37. The molecule has 0 aliphatic heterocycles. The molecule has 0 aromatic heterocycles. The van der Waals surface area contributed by atoms with Gasteiger partial charge < -0.3 is 15.3 Å². The molecule has 4 nitrogen and oxygen atoms in total. The first-order chi connectivity index (χ1) is 11.1. The first-order valence-electron chi connectivity index (χ1n) is 8.86. The number of carboxylic acid groups (broad SMARTS) is 1. The largest absolute Gasteiger partial charge is 0.481 e. The zero-order valence-electron chi connectivity index (χ0n) is 14.9. The number of carboxylic acids is 1. The Balaban J connectivity index is 2.19. The smallest absolute Gasteiger partial charge is 0.309 e. The summed E-state index contributed by atoms with van der Waals surface area (Å²) in [5, 5.41) is 31.4. The highest BCUT2D eigenvalue weighted by atomic mass is 16.4. The molecule has 132 valence electrons. The third-order valence-corrected chi connectivity index (χ3v) is 6.75. The van der Waals surface area contributed by atoms with Crippen molar-refractivity contribution in [2.24, 2.45) is 11.3 Å². The molecule has 1 aromatic carbocycles. The lowest BCUT2D eigenvalue weighted by atomic mass is 9.48. The van der Waals surface area contributed by atoms with Crippen LogP contribution in [0.15, 0.2) is 18.2 Å². The van der Waals surface area contributed by atoms with Gasteiger partial charge in [-0.1, -0.05) is 39.0 Å². The second kappa shape index (κ2) is 5.57. The Morgan fingerprint density at radius 1 is 1.25 bits per heavy atom. The summed E-state index contributed by atoms with van der Waals surface area (Å²) in [6.07, 6.45) is 0.0183. The van der Waals surface area contributed by atoms with Crippen LogP contribution in [-0.4, -0.2) is 27.4 Å². The molecule has 2 aliphatic rings. The van der Waals surface area contributed by atoms with E-state index in [9.17, 15) is 20.1 Å². The molecular formula is C20H28O4. The van der Waals surface area contributed by atoms with E-state index in [2.05, 4.69) is 13.8 Å². The van der Waals surface area contributed by atoms with Crippen LogP contribution in [0.5, 0.6) is 0 Å². The van der Waals surface area contributed by atoms with Crippen LogP contribution in [0.4, 0.5) is 0 Å². The highest BCUT2D eigenvalue weighted by molar-refractivity contribution is 5.75. The lowest BCUT2D eigenvalue weighted by molar-refractivity contribution is -0.165. The van der Waals surface area contributed by atoms with Crippen LogP contribution in [0.3, 0.4) is 0 Å². The Kier molecular flexibility index (Phi) is 4.04. The fraction of sp³-hybridized carbons (Fsp3) is 0.650. The van der Waals surface area contributed by atoms with Gasteiger partial charge in [-0.2, -0.15) is 0 Å². The van der Waals surface area contributed by atoms with E-state index in [1.165, 1.54) is 0 Å². The monoisotopic (exact) mass is 332 g/mol. The second-order valence-electron chi connectivity index (χ2n) is 8.37. The van der Waals surface area contributed by atoms with E-state index >= 15 is 0 Å². The van der Waals surface area contributed by atoms with Crippen molar-refractivity contribution in [2.75, 3.05) is 0 Å². The summed E-state index contributed by atoms with van der Waals surface area (Å²) in [6, 6.07) is 6.08. The van der Waals surface area contributed by atoms with Gasteiger partial charge in [0.15, 0.2) is 0 Å². The molecule has 0 radical (unpaired) electrons. The molecule has 24 heavy (non-hydrogen) atoms. The summed E-state index contributed by atoms with van der Waals surface area (Å²) in [6.45, 7) is 7.96. The lowest BCUT2D eigenvalue weighted by Gasteiger charge is -2.56. The summed E-state index contributed by atoms with van der Waals surface area (Å²) >= 11 is 0. The minimum absolute atomic E-state index is 0.293. The van der Waals surface area contributed by atoms with E-state index < -0.39 is 29.0 Å². The standard InChI is InChI=1S/C20H28O4/c1-11(2)12-5-6-14-13(9-12)15(21)10-16-19(3,18(23)24)8-7-17(22)20(14,16)4/h5-6,9,11,15-17,21-22H,7-8,10H2,1-4H3,(H,23,24)/t15-,16-,17+,19+,20+/m0/s1. The predicted molar refractivity (Wildman–Crippen MR) is 91.9 cm³/mol. The maximum Gasteiger partial charge on any atom is 0.309 e. The fourth-order valence-electron chi connectivity index (χ4n) is 4.99. The highest BCUT2D eigenvalue weighted by Crippen LogP contribution is 2.59. The number of hydrogen-bond donors (Lipinski definition) is 3. The van der Waals surface area contributed by atoms with Gasteiger partial charge in [-0.15, -0.1) is 0 Å². The average molecular weight is 332 g/mol. The van der Waals surface area contributed by atoms with E-state index in [1.54, 1.807) is 6.92 Å². The van der Waals surface area contributed by atoms with E-state index in [4.69, 9.17) is 0 Å². The SMILES string of the molecule is CC(C)c1ccc2c(c1)[C@@H](O)C[C@@H]1[C@]2(C)[C@H](O)CC[C@@]1(C)C(=O)O. The fourth-order valence-corrected chi connectivity index (χ4v) is 4.99. The van der Waals surface area contributed by atoms with Gasteiger partial charge in [0.1, 0.15) is 0 Å². The summed E-state index contributed by atoms with van der Waals surface area (Å²) in [4.78, 5) is 12.0. The Labute approximate surface area is 143 Å². The van der Waals surface area contributed by atoms with Crippen molar-refractivity contribution in [3.8, 4) is 0 Å². The normalized spacial score (nSPS) is 38.5. The highest BCUT2D eigenvalue weighted by Gasteiger charge is 2.60. The van der Waals surface area contributed by atoms with Crippen molar-refractivity contribution >= 4 is 5.97 Å². The van der Waals surface area contributed by atoms with Gasteiger partial charge in [-0.05, 0) is 54.7 Å². The van der Waals surface area contributed by atoms with Crippen LogP contribution in [0.1, 0.15) is 75.7 Å². The molecule has 0 spiro atoms. The van der Waals surface area contributed by atoms with Gasteiger partial charge >= 0.3 is 5.97 Å². The Hall–Kier alpha value is -1.39. The van der Waals surface area contributed by atoms with Gasteiger partial charge in [-0.25, -0.2) is 0 Å². The van der Waals surface area contributed by atoms with Crippen LogP contribution < -0.4 is 0 Å².